The molecule has 2 rings (SSSR count). The molecule has 15 nitrogen and oxygen atoms in total. The predicted octanol–water partition coefficient (Wildman–Crippen LogP) is 9.33. The number of unbranched alkanes of at least 4 members (excludes halogenated alkanes) is 30. The van der Waals surface area contributed by atoms with Crippen LogP contribution in [0, 0.1) is 0 Å². The Balaban J connectivity index is 1.76. The van der Waals surface area contributed by atoms with Crippen molar-refractivity contribution >= 4 is 11.9 Å². The van der Waals surface area contributed by atoms with Gasteiger partial charge in [0.1, 0.15) is 55.4 Å². The molecular formula is C56H104O15. The van der Waals surface area contributed by atoms with Crippen LogP contribution in [-0.4, -0.2) is 142 Å². The molecule has 0 radical (unpaired) electrons. The van der Waals surface area contributed by atoms with E-state index in [1.165, 1.54) is 154 Å². The maximum Gasteiger partial charge on any atom is 0.306 e. The molecule has 0 amide bonds. The molecule has 0 aliphatic carbocycles. The lowest BCUT2D eigenvalue weighted by atomic mass is 9.98. The van der Waals surface area contributed by atoms with E-state index in [-0.39, 0.29) is 26.1 Å². The second kappa shape index (κ2) is 43.5. The summed E-state index contributed by atoms with van der Waals surface area (Å²) in [6.45, 7) is 2.63. The average Bonchev–Trinajstić information content (AvgIpc) is 3.36. The van der Waals surface area contributed by atoms with E-state index < -0.39 is 92.7 Å². The van der Waals surface area contributed by atoms with Crippen LogP contribution < -0.4 is 0 Å². The Hall–Kier alpha value is -1.76. The van der Waals surface area contributed by atoms with Gasteiger partial charge in [-0.15, -0.1) is 0 Å². The number of aliphatic hydroxyl groups is 7. The normalized spacial score (nSPS) is 25.2. The van der Waals surface area contributed by atoms with Crippen molar-refractivity contribution in [2.75, 3.05) is 26.4 Å². The van der Waals surface area contributed by atoms with Crippen LogP contribution >= 0.6 is 0 Å². The minimum absolute atomic E-state index is 0.168. The number of allylic oxidation sites excluding steroid dienone is 2. The Morgan fingerprint density at radius 3 is 1.24 bits per heavy atom. The van der Waals surface area contributed by atoms with Gasteiger partial charge in [-0.3, -0.25) is 9.59 Å². The molecular weight excluding hydrogens is 913 g/mol. The lowest BCUT2D eigenvalue weighted by Crippen LogP contribution is -2.61. The summed E-state index contributed by atoms with van der Waals surface area (Å²) in [5.41, 5.74) is 0. The summed E-state index contributed by atoms with van der Waals surface area (Å²) in [7, 11) is 0. The van der Waals surface area contributed by atoms with Gasteiger partial charge in [0.15, 0.2) is 18.7 Å². The summed E-state index contributed by atoms with van der Waals surface area (Å²) in [6, 6.07) is 0. The van der Waals surface area contributed by atoms with Crippen LogP contribution in [0.2, 0.25) is 0 Å². The quantitative estimate of drug-likeness (QED) is 0.0171. The van der Waals surface area contributed by atoms with Crippen molar-refractivity contribution in [1.82, 2.24) is 0 Å². The fraction of sp³-hybridized carbons (Fsp3) is 0.929. The first-order chi connectivity index (χ1) is 34.5. The first kappa shape index (κ1) is 65.4. The Morgan fingerprint density at radius 1 is 0.437 bits per heavy atom. The van der Waals surface area contributed by atoms with Crippen molar-refractivity contribution in [3.05, 3.63) is 12.2 Å². The van der Waals surface area contributed by atoms with Gasteiger partial charge in [-0.1, -0.05) is 199 Å². The average molecular weight is 1020 g/mol. The molecule has 0 saturated carbocycles. The molecule has 0 aromatic heterocycles. The Labute approximate surface area is 429 Å². The minimum Gasteiger partial charge on any atom is -0.462 e. The van der Waals surface area contributed by atoms with Crippen LogP contribution in [0.15, 0.2) is 12.2 Å². The van der Waals surface area contributed by atoms with Crippen molar-refractivity contribution in [3.63, 3.8) is 0 Å². The number of carbonyl (C=O) groups is 2. The zero-order chi connectivity index (χ0) is 51.7. The highest BCUT2D eigenvalue weighted by Gasteiger charge is 2.47. The summed E-state index contributed by atoms with van der Waals surface area (Å²) in [6.07, 6.45) is 28.0. The molecule has 2 fully saturated rings. The maximum atomic E-state index is 13.1. The smallest absolute Gasteiger partial charge is 0.306 e. The van der Waals surface area contributed by atoms with Gasteiger partial charge >= 0.3 is 11.9 Å². The molecule has 71 heavy (non-hydrogen) atoms. The molecule has 0 spiro atoms. The van der Waals surface area contributed by atoms with Crippen molar-refractivity contribution in [3.8, 4) is 0 Å². The summed E-state index contributed by atoms with van der Waals surface area (Å²) in [5, 5.41) is 72.2. The van der Waals surface area contributed by atoms with Gasteiger partial charge in [-0.05, 0) is 38.5 Å². The van der Waals surface area contributed by atoms with Crippen molar-refractivity contribution < 1.29 is 73.8 Å². The van der Waals surface area contributed by atoms with E-state index >= 15 is 0 Å². The Kier molecular flexibility index (Phi) is 40.0. The summed E-state index contributed by atoms with van der Waals surface area (Å²) >= 11 is 0. The molecule has 0 bridgehead atoms. The van der Waals surface area contributed by atoms with Gasteiger partial charge in [0, 0.05) is 12.8 Å². The zero-order valence-corrected chi connectivity index (χ0v) is 44.5. The highest BCUT2D eigenvalue weighted by Crippen LogP contribution is 2.27. The summed E-state index contributed by atoms with van der Waals surface area (Å²) in [4.78, 5) is 25.9. The van der Waals surface area contributed by atoms with E-state index in [4.69, 9.17) is 28.4 Å². The van der Waals surface area contributed by atoms with Crippen LogP contribution in [0.5, 0.6) is 0 Å². The largest absolute Gasteiger partial charge is 0.462 e. The third-order valence-corrected chi connectivity index (χ3v) is 14.0. The molecule has 2 heterocycles. The van der Waals surface area contributed by atoms with Crippen molar-refractivity contribution in [2.24, 2.45) is 0 Å². The number of carbonyl (C=O) groups excluding carboxylic acids is 2. The van der Waals surface area contributed by atoms with Gasteiger partial charge in [0.25, 0.3) is 0 Å². The van der Waals surface area contributed by atoms with Crippen LogP contribution in [0.25, 0.3) is 0 Å². The van der Waals surface area contributed by atoms with Crippen LogP contribution in [0.4, 0.5) is 0 Å². The SMILES string of the molecule is CCCCCCCC/C=C\CCCCCCCCCCCC(=O)OC(COC(=O)CCCCCCCCCCCCCCCCCC)COC1OC(COC2OC(CO)C(O)C(O)C2O)C(O)C(O)C1O. The fourth-order valence-corrected chi connectivity index (χ4v) is 9.27. The van der Waals surface area contributed by atoms with E-state index in [1.807, 2.05) is 0 Å². The van der Waals surface area contributed by atoms with Crippen molar-refractivity contribution in [1.29, 1.82) is 0 Å². The lowest BCUT2D eigenvalue weighted by molar-refractivity contribution is -0.332. The Bertz CT molecular complexity index is 1290. The first-order valence-corrected chi connectivity index (χ1v) is 28.8. The van der Waals surface area contributed by atoms with Crippen LogP contribution in [0.1, 0.15) is 239 Å². The molecule has 418 valence electrons. The molecule has 0 aromatic carbocycles. The van der Waals surface area contributed by atoms with Gasteiger partial charge in [0.2, 0.25) is 0 Å². The van der Waals surface area contributed by atoms with Gasteiger partial charge in [0.05, 0.1) is 19.8 Å². The van der Waals surface area contributed by atoms with E-state index in [2.05, 4.69) is 26.0 Å². The highest BCUT2D eigenvalue weighted by atomic mass is 16.7. The van der Waals surface area contributed by atoms with E-state index in [1.54, 1.807) is 0 Å². The molecule has 7 N–H and O–H groups in total. The van der Waals surface area contributed by atoms with Crippen molar-refractivity contribution in [2.45, 2.75) is 306 Å². The van der Waals surface area contributed by atoms with Gasteiger partial charge in [-0.25, -0.2) is 0 Å². The minimum atomic E-state index is -1.76. The molecule has 2 aliphatic rings. The van der Waals surface area contributed by atoms with Crippen LogP contribution in [0.3, 0.4) is 0 Å². The maximum absolute atomic E-state index is 13.1. The third-order valence-electron chi connectivity index (χ3n) is 14.0. The highest BCUT2D eigenvalue weighted by molar-refractivity contribution is 5.70. The molecule has 2 saturated heterocycles. The van der Waals surface area contributed by atoms with Gasteiger partial charge in [-0.2, -0.15) is 0 Å². The topological polar surface area (TPSA) is 231 Å². The number of aliphatic hydroxyl groups excluding tert-OH is 7. The lowest BCUT2D eigenvalue weighted by Gasteiger charge is -2.42. The number of hydrogen-bond acceptors (Lipinski definition) is 15. The first-order valence-electron chi connectivity index (χ1n) is 28.8. The molecule has 15 heteroatoms. The second-order valence-electron chi connectivity index (χ2n) is 20.5. The number of ether oxygens (including phenoxy) is 6. The molecule has 11 unspecified atom stereocenters. The number of esters is 2. The molecule has 0 aromatic rings. The zero-order valence-electron chi connectivity index (χ0n) is 44.5. The predicted molar refractivity (Wildman–Crippen MR) is 275 cm³/mol. The summed E-state index contributed by atoms with van der Waals surface area (Å²) in [5.74, 6) is -0.912. The van der Waals surface area contributed by atoms with E-state index in [0.29, 0.717) is 12.8 Å². The monoisotopic (exact) mass is 1020 g/mol. The summed E-state index contributed by atoms with van der Waals surface area (Å²) < 4.78 is 33.7. The number of rotatable bonds is 46. The Morgan fingerprint density at radius 2 is 0.803 bits per heavy atom. The standard InChI is InChI=1S/C56H104O15/c1-3-5-7-9-11-13-15-17-19-21-22-23-25-27-29-31-33-35-37-39-48(59)69-44(41-66-47(58)38-36-34-32-30-28-26-24-20-18-16-14-12-10-8-6-4-2)42-67-55-54(65)52(63)50(61)46(71-55)43-68-56-53(64)51(62)49(60)45(40-57)70-56/h17,19,44-46,49-57,60-65H,3-16,18,20-43H2,1-2H3/b19-17-. The van der Waals surface area contributed by atoms with E-state index in [9.17, 15) is 45.3 Å². The third kappa shape index (κ3) is 31.0. The fourth-order valence-electron chi connectivity index (χ4n) is 9.27. The molecule has 11 atom stereocenters. The molecule has 2 aliphatic heterocycles. The van der Waals surface area contributed by atoms with Gasteiger partial charge < -0.3 is 64.2 Å². The second-order valence-corrected chi connectivity index (χ2v) is 20.5. The van der Waals surface area contributed by atoms with Crippen LogP contribution in [-0.2, 0) is 38.0 Å². The van der Waals surface area contributed by atoms with E-state index in [0.717, 1.165) is 44.9 Å². The number of hydrogen-bond donors (Lipinski definition) is 7.